The molecule has 6 heteroatoms. The third-order valence-electron chi connectivity index (χ3n) is 2.26. The maximum absolute atomic E-state index is 5.21. The normalized spacial score (nSPS) is 10.8. The number of guanidine groups is 1. The average molecular weight is 376 g/mol. The van der Waals surface area contributed by atoms with Gasteiger partial charge in [0.25, 0.3) is 0 Å². The number of rotatable bonds is 5. The van der Waals surface area contributed by atoms with Crippen LogP contribution in [0.4, 0.5) is 0 Å². The van der Waals surface area contributed by atoms with Crippen LogP contribution in [0.1, 0.15) is 38.1 Å². The molecule has 0 unspecified atom stereocenters. The van der Waals surface area contributed by atoms with Crippen LogP contribution in [0.3, 0.4) is 0 Å². The predicted molar refractivity (Wildman–Crippen MR) is 87.7 cm³/mol. The lowest BCUT2D eigenvalue weighted by Crippen LogP contribution is -2.37. The zero-order valence-corrected chi connectivity index (χ0v) is 13.9. The first-order valence-corrected chi connectivity index (χ1v) is 6.08. The van der Waals surface area contributed by atoms with Gasteiger partial charge in [0.1, 0.15) is 6.54 Å². The Morgan fingerprint density at radius 2 is 2.26 bits per heavy atom. The maximum atomic E-state index is 5.21. The number of terminal acetylenes is 1. The van der Waals surface area contributed by atoms with Gasteiger partial charge in [-0.2, -0.15) is 0 Å². The van der Waals surface area contributed by atoms with Crippen molar-refractivity contribution in [2.75, 3.05) is 13.1 Å². The van der Waals surface area contributed by atoms with Crippen molar-refractivity contribution in [2.45, 2.75) is 33.2 Å². The molecule has 0 saturated carbocycles. The highest BCUT2D eigenvalue weighted by molar-refractivity contribution is 14.0. The van der Waals surface area contributed by atoms with E-state index in [-0.39, 0.29) is 24.0 Å². The molecule has 2 N–H and O–H groups in total. The van der Waals surface area contributed by atoms with Crippen LogP contribution in [0.2, 0.25) is 0 Å². The molecule has 106 valence electrons. The highest BCUT2D eigenvalue weighted by Gasteiger charge is 2.07. The Morgan fingerprint density at radius 3 is 2.79 bits per heavy atom. The summed E-state index contributed by atoms with van der Waals surface area (Å²) in [5.41, 5.74) is 0.946. The van der Waals surface area contributed by atoms with E-state index in [9.17, 15) is 0 Å². The quantitative estimate of drug-likeness (QED) is 0.358. The van der Waals surface area contributed by atoms with E-state index in [2.05, 4.69) is 40.6 Å². The standard InChI is InChI=1S/C13H20N4O.HI/c1-5-7-15-13(14-6-2)16-9-11-8-12(10(3)4)17-18-11;/h1,8,10H,6-7,9H2,2-4H3,(H2,14,15,16);1H. The Kier molecular flexibility index (Phi) is 9.04. The third-order valence-corrected chi connectivity index (χ3v) is 2.26. The van der Waals surface area contributed by atoms with Gasteiger partial charge in [0.2, 0.25) is 0 Å². The van der Waals surface area contributed by atoms with Gasteiger partial charge >= 0.3 is 0 Å². The van der Waals surface area contributed by atoms with Crippen LogP contribution in [-0.4, -0.2) is 24.2 Å². The number of hydrogen-bond donors (Lipinski definition) is 2. The van der Waals surface area contributed by atoms with Crippen LogP contribution >= 0.6 is 24.0 Å². The minimum Gasteiger partial charge on any atom is -0.359 e. The summed E-state index contributed by atoms with van der Waals surface area (Å²) in [6, 6.07) is 1.93. The van der Waals surface area contributed by atoms with Crippen molar-refractivity contribution in [3.63, 3.8) is 0 Å². The number of aliphatic imine (C=N–C) groups is 1. The van der Waals surface area contributed by atoms with Crippen LogP contribution < -0.4 is 10.6 Å². The van der Waals surface area contributed by atoms with Gasteiger partial charge in [-0.3, -0.25) is 0 Å². The Hall–Kier alpha value is -1.23. The van der Waals surface area contributed by atoms with Gasteiger partial charge in [0.05, 0.1) is 12.2 Å². The molecule has 0 aromatic carbocycles. The van der Waals surface area contributed by atoms with Crippen molar-refractivity contribution in [3.8, 4) is 12.3 Å². The fourth-order valence-electron chi connectivity index (χ4n) is 1.31. The molecule has 19 heavy (non-hydrogen) atoms. The van der Waals surface area contributed by atoms with Gasteiger partial charge in [-0.15, -0.1) is 30.4 Å². The first-order valence-electron chi connectivity index (χ1n) is 6.08. The zero-order chi connectivity index (χ0) is 13.4. The van der Waals surface area contributed by atoms with Gasteiger partial charge in [-0.1, -0.05) is 24.9 Å². The second-order valence-corrected chi connectivity index (χ2v) is 4.13. The Balaban J connectivity index is 0.00000324. The first-order chi connectivity index (χ1) is 8.67. The van der Waals surface area contributed by atoms with Crippen molar-refractivity contribution < 1.29 is 4.52 Å². The summed E-state index contributed by atoms with van der Waals surface area (Å²) in [6.07, 6.45) is 5.19. The highest BCUT2D eigenvalue weighted by Crippen LogP contribution is 2.14. The molecule has 0 fully saturated rings. The molecule has 0 aliphatic rings. The largest absolute Gasteiger partial charge is 0.359 e. The van der Waals surface area contributed by atoms with Gasteiger partial charge in [-0.25, -0.2) is 4.99 Å². The van der Waals surface area contributed by atoms with Crippen LogP contribution in [-0.2, 0) is 6.54 Å². The van der Waals surface area contributed by atoms with Gasteiger partial charge in [0.15, 0.2) is 11.7 Å². The Morgan fingerprint density at radius 1 is 1.53 bits per heavy atom. The number of halogens is 1. The summed E-state index contributed by atoms with van der Waals surface area (Å²) in [5.74, 6) is 4.29. The minimum atomic E-state index is 0. The van der Waals surface area contributed by atoms with E-state index >= 15 is 0 Å². The molecule has 0 aliphatic heterocycles. The number of aromatic nitrogens is 1. The van der Waals surface area contributed by atoms with E-state index in [1.54, 1.807) is 0 Å². The zero-order valence-electron chi connectivity index (χ0n) is 11.6. The second kappa shape index (κ2) is 9.67. The molecule has 5 nitrogen and oxygen atoms in total. The fraction of sp³-hybridized carbons (Fsp3) is 0.538. The lowest BCUT2D eigenvalue weighted by Gasteiger charge is -2.07. The lowest BCUT2D eigenvalue weighted by atomic mass is 10.1. The number of nitrogens with one attached hydrogen (secondary N) is 2. The average Bonchev–Trinajstić information content (AvgIpc) is 2.81. The topological polar surface area (TPSA) is 62.5 Å². The molecular weight excluding hydrogens is 355 g/mol. The van der Waals surface area contributed by atoms with Gasteiger partial charge < -0.3 is 15.2 Å². The Labute approximate surface area is 131 Å². The molecule has 1 heterocycles. The summed E-state index contributed by atoms with van der Waals surface area (Å²) < 4.78 is 5.21. The van der Waals surface area contributed by atoms with Crippen LogP contribution in [0.15, 0.2) is 15.6 Å². The molecule has 1 aromatic heterocycles. The first kappa shape index (κ1) is 17.8. The number of nitrogens with zero attached hydrogens (tertiary/aromatic N) is 2. The molecule has 0 radical (unpaired) electrons. The molecule has 0 amide bonds. The SMILES string of the molecule is C#CCNC(=NCc1cc(C(C)C)no1)NCC.I. The van der Waals surface area contributed by atoms with Crippen molar-refractivity contribution in [3.05, 3.63) is 17.5 Å². The molecule has 1 aromatic rings. The smallest absolute Gasteiger partial charge is 0.192 e. The van der Waals surface area contributed by atoms with Crippen LogP contribution in [0.5, 0.6) is 0 Å². The molecule has 0 saturated heterocycles. The monoisotopic (exact) mass is 376 g/mol. The molecule has 0 bridgehead atoms. The second-order valence-electron chi connectivity index (χ2n) is 4.13. The molecule has 0 aliphatic carbocycles. The van der Waals surface area contributed by atoms with E-state index in [4.69, 9.17) is 10.9 Å². The van der Waals surface area contributed by atoms with Gasteiger partial charge in [-0.05, 0) is 12.8 Å². The van der Waals surface area contributed by atoms with E-state index in [1.807, 2.05) is 13.0 Å². The van der Waals surface area contributed by atoms with E-state index in [0.717, 1.165) is 18.0 Å². The fourth-order valence-corrected chi connectivity index (χ4v) is 1.31. The van der Waals surface area contributed by atoms with Crippen molar-refractivity contribution in [1.82, 2.24) is 15.8 Å². The highest BCUT2D eigenvalue weighted by atomic mass is 127. The Bertz CT molecular complexity index is 434. The van der Waals surface area contributed by atoms with E-state index < -0.39 is 0 Å². The summed E-state index contributed by atoms with van der Waals surface area (Å²) in [6.45, 7) is 7.81. The van der Waals surface area contributed by atoms with Crippen molar-refractivity contribution >= 4 is 29.9 Å². The minimum absolute atomic E-state index is 0. The summed E-state index contributed by atoms with van der Waals surface area (Å²) in [4.78, 5) is 4.36. The third kappa shape index (κ3) is 6.47. The molecule has 0 atom stereocenters. The molecular formula is C13H21IN4O. The van der Waals surface area contributed by atoms with E-state index in [0.29, 0.717) is 25.0 Å². The lowest BCUT2D eigenvalue weighted by molar-refractivity contribution is 0.376. The summed E-state index contributed by atoms with van der Waals surface area (Å²) in [7, 11) is 0. The summed E-state index contributed by atoms with van der Waals surface area (Å²) in [5, 5.41) is 10.1. The van der Waals surface area contributed by atoms with Crippen molar-refractivity contribution in [2.24, 2.45) is 4.99 Å². The number of hydrogen-bond acceptors (Lipinski definition) is 3. The van der Waals surface area contributed by atoms with Crippen LogP contribution in [0, 0.1) is 12.3 Å². The summed E-state index contributed by atoms with van der Waals surface area (Å²) >= 11 is 0. The molecule has 1 rings (SSSR count). The van der Waals surface area contributed by atoms with Crippen molar-refractivity contribution in [1.29, 1.82) is 0 Å². The predicted octanol–water partition coefficient (Wildman–Crippen LogP) is 2.10. The molecule has 0 spiro atoms. The van der Waals surface area contributed by atoms with Crippen LogP contribution in [0.25, 0.3) is 0 Å². The maximum Gasteiger partial charge on any atom is 0.192 e. The van der Waals surface area contributed by atoms with Gasteiger partial charge in [0, 0.05) is 12.6 Å². The van der Waals surface area contributed by atoms with E-state index in [1.165, 1.54) is 0 Å².